The minimum atomic E-state index is -4.81. The number of H-pyrrole nitrogens is 2. The first-order valence-corrected chi connectivity index (χ1v) is 4.37. The molecule has 0 bridgehead atoms. The maximum Gasteiger partial charge on any atom is 0.573 e. The molecule has 1 aromatic carbocycles. The molecule has 0 unspecified atom stereocenters. The average Bonchev–Trinajstić information content (AvgIpc) is 2.18. The molecule has 1 aromatic heterocycles. The van der Waals surface area contributed by atoms with Gasteiger partial charge in [0.1, 0.15) is 5.75 Å². The maximum absolute atomic E-state index is 11.9. The van der Waals surface area contributed by atoms with Crippen molar-refractivity contribution in [2.24, 2.45) is 0 Å². The molecule has 2 aromatic rings. The van der Waals surface area contributed by atoms with E-state index in [-0.39, 0.29) is 11.0 Å². The smallest absolute Gasteiger partial charge is 0.406 e. The lowest BCUT2D eigenvalue weighted by Gasteiger charge is -2.08. The van der Waals surface area contributed by atoms with Gasteiger partial charge in [0.25, 0.3) is 0 Å². The molecular formula is C9H5F3N2O3. The van der Waals surface area contributed by atoms with Crippen LogP contribution in [-0.2, 0) is 0 Å². The molecule has 5 nitrogen and oxygen atoms in total. The maximum atomic E-state index is 11.9. The lowest BCUT2D eigenvalue weighted by molar-refractivity contribution is -0.274. The molecule has 0 aliphatic heterocycles. The van der Waals surface area contributed by atoms with E-state index in [9.17, 15) is 22.8 Å². The van der Waals surface area contributed by atoms with Gasteiger partial charge in [0.2, 0.25) is 0 Å². The van der Waals surface area contributed by atoms with Crippen LogP contribution in [0.1, 0.15) is 0 Å². The molecule has 0 saturated heterocycles. The SMILES string of the molecule is O=c1[nH]c2ccc(OC(F)(F)F)cc2[nH]c1=O. The highest BCUT2D eigenvalue weighted by Crippen LogP contribution is 2.24. The Kier molecular flexibility index (Phi) is 2.41. The average molecular weight is 246 g/mol. The van der Waals surface area contributed by atoms with E-state index in [1.807, 2.05) is 0 Å². The van der Waals surface area contributed by atoms with Crippen LogP contribution in [0.15, 0.2) is 27.8 Å². The van der Waals surface area contributed by atoms with Gasteiger partial charge < -0.3 is 14.7 Å². The number of aromatic nitrogens is 2. The summed E-state index contributed by atoms with van der Waals surface area (Å²) in [6.45, 7) is 0. The van der Waals surface area contributed by atoms with Gasteiger partial charge in [0.15, 0.2) is 0 Å². The molecule has 0 spiro atoms. The standard InChI is InChI=1S/C9H5F3N2O3/c10-9(11,12)17-4-1-2-5-6(3-4)14-8(16)7(15)13-5/h1-3H,(H,13,15)(H,14,16). The molecule has 0 radical (unpaired) electrons. The number of alkyl halides is 3. The second-order valence-corrected chi connectivity index (χ2v) is 3.16. The van der Waals surface area contributed by atoms with Gasteiger partial charge in [-0.1, -0.05) is 0 Å². The van der Waals surface area contributed by atoms with Gasteiger partial charge in [-0.05, 0) is 12.1 Å². The Morgan fingerprint density at radius 2 is 1.59 bits per heavy atom. The molecule has 0 aliphatic rings. The Labute approximate surface area is 90.9 Å². The molecular weight excluding hydrogens is 241 g/mol. The Hall–Kier alpha value is -2.25. The van der Waals surface area contributed by atoms with E-state index in [2.05, 4.69) is 14.7 Å². The molecule has 0 amide bonds. The molecule has 0 fully saturated rings. The van der Waals surface area contributed by atoms with Crippen LogP contribution >= 0.6 is 0 Å². The number of ether oxygens (including phenoxy) is 1. The number of hydrogen-bond donors (Lipinski definition) is 2. The summed E-state index contributed by atoms with van der Waals surface area (Å²) in [6.07, 6.45) is -4.81. The van der Waals surface area contributed by atoms with E-state index in [0.717, 1.165) is 12.1 Å². The summed E-state index contributed by atoms with van der Waals surface area (Å²) in [5, 5.41) is 0. The first-order valence-electron chi connectivity index (χ1n) is 4.37. The molecule has 2 rings (SSSR count). The van der Waals surface area contributed by atoms with Crippen molar-refractivity contribution in [2.45, 2.75) is 6.36 Å². The molecule has 17 heavy (non-hydrogen) atoms. The number of nitrogens with one attached hydrogen (secondary N) is 2. The van der Waals surface area contributed by atoms with E-state index in [0.29, 0.717) is 0 Å². The van der Waals surface area contributed by atoms with Crippen LogP contribution in [-0.4, -0.2) is 16.3 Å². The number of benzene rings is 1. The summed E-state index contributed by atoms with van der Waals surface area (Å²) >= 11 is 0. The van der Waals surface area contributed by atoms with Crippen molar-refractivity contribution in [3.63, 3.8) is 0 Å². The van der Waals surface area contributed by atoms with Crippen LogP contribution < -0.4 is 15.9 Å². The summed E-state index contributed by atoms with van der Waals surface area (Å²) in [5.41, 5.74) is -1.55. The zero-order valence-electron chi connectivity index (χ0n) is 8.09. The fourth-order valence-corrected chi connectivity index (χ4v) is 1.29. The number of rotatable bonds is 1. The fraction of sp³-hybridized carbons (Fsp3) is 0.111. The lowest BCUT2D eigenvalue weighted by atomic mass is 10.3. The quantitative estimate of drug-likeness (QED) is 0.740. The van der Waals surface area contributed by atoms with Gasteiger partial charge in [-0.15, -0.1) is 13.2 Å². The van der Waals surface area contributed by atoms with Crippen molar-refractivity contribution < 1.29 is 17.9 Å². The monoisotopic (exact) mass is 246 g/mol. The predicted octanol–water partition coefficient (Wildman–Crippen LogP) is 1.11. The summed E-state index contributed by atoms with van der Waals surface area (Å²) < 4.78 is 39.5. The zero-order chi connectivity index (χ0) is 12.6. The molecule has 1 heterocycles. The molecule has 0 aliphatic carbocycles. The summed E-state index contributed by atoms with van der Waals surface area (Å²) in [6, 6.07) is 3.21. The van der Waals surface area contributed by atoms with E-state index in [1.165, 1.54) is 6.07 Å². The molecule has 90 valence electrons. The zero-order valence-corrected chi connectivity index (χ0v) is 8.09. The molecule has 8 heteroatoms. The molecule has 0 atom stereocenters. The third kappa shape index (κ3) is 2.47. The lowest BCUT2D eigenvalue weighted by Crippen LogP contribution is -2.28. The van der Waals surface area contributed by atoms with E-state index in [1.54, 1.807) is 0 Å². The minimum absolute atomic E-state index is 0.0522. The van der Waals surface area contributed by atoms with Crippen LogP contribution in [0.5, 0.6) is 5.75 Å². The highest BCUT2D eigenvalue weighted by atomic mass is 19.4. The van der Waals surface area contributed by atoms with Crippen molar-refractivity contribution in [2.75, 3.05) is 0 Å². The van der Waals surface area contributed by atoms with Crippen LogP contribution in [0.4, 0.5) is 13.2 Å². The third-order valence-electron chi connectivity index (χ3n) is 1.93. The number of hydrogen-bond acceptors (Lipinski definition) is 3. The van der Waals surface area contributed by atoms with Gasteiger partial charge in [-0.3, -0.25) is 9.59 Å². The topological polar surface area (TPSA) is 75.0 Å². The van der Waals surface area contributed by atoms with E-state index in [4.69, 9.17) is 0 Å². The summed E-state index contributed by atoms with van der Waals surface area (Å²) in [7, 11) is 0. The molecule has 0 saturated carbocycles. The van der Waals surface area contributed by atoms with Gasteiger partial charge in [-0.2, -0.15) is 0 Å². The second kappa shape index (κ2) is 3.65. The van der Waals surface area contributed by atoms with Crippen molar-refractivity contribution in [3.8, 4) is 5.75 Å². The van der Waals surface area contributed by atoms with Crippen molar-refractivity contribution in [3.05, 3.63) is 38.9 Å². The summed E-state index contributed by atoms with van der Waals surface area (Å²) in [4.78, 5) is 26.3. The predicted molar refractivity (Wildman–Crippen MR) is 51.9 cm³/mol. The number of halogens is 3. The van der Waals surface area contributed by atoms with Gasteiger partial charge in [-0.25, -0.2) is 0 Å². The Balaban J connectivity index is 2.54. The van der Waals surface area contributed by atoms with E-state index >= 15 is 0 Å². The van der Waals surface area contributed by atoms with Crippen LogP contribution in [0.2, 0.25) is 0 Å². The highest BCUT2D eigenvalue weighted by Gasteiger charge is 2.31. The van der Waals surface area contributed by atoms with Gasteiger partial charge >= 0.3 is 17.5 Å². The van der Waals surface area contributed by atoms with E-state index < -0.39 is 23.2 Å². The van der Waals surface area contributed by atoms with Crippen LogP contribution in [0, 0.1) is 0 Å². The Bertz CT molecular complexity index is 671. The normalized spacial score (nSPS) is 11.7. The fourth-order valence-electron chi connectivity index (χ4n) is 1.29. The van der Waals surface area contributed by atoms with Gasteiger partial charge in [0, 0.05) is 6.07 Å². The van der Waals surface area contributed by atoms with Crippen LogP contribution in [0.25, 0.3) is 11.0 Å². The molecule has 2 N–H and O–H groups in total. The van der Waals surface area contributed by atoms with Crippen LogP contribution in [0.3, 0.4) is 0 Å². The van der Waals surface area contributed by atoms with Crippen molar-refractivity contribution >= 4 is 11.0 Å². The first kappa shape index (κ1) is 11.2. The third-order valence-corrected chi connectivity index (χ3v) is 1.93. The Morgan fingerprint density at radius 1 is 1.00 bits per heavy atom. The largest absolute Gasteiger partial charge is 0.573 e. The summed E-state index contributed by atoms with van der Waals surface area (Å²) in [5.74, 6) is -0.479. The first-order chi connectivity index (χ1) is 7.85. The van der Waals surface area contributed by atoms with Crippen molar-refractivity contribution in [1.29, 1.82) is 0 Å². The Morgan fingerprint density at radius 3 is 2.18 bits per heavy atom. The van der Waals surface area contributed by atoms with Crippen molar-refractivity contribution in [1.82, 2.24) is 9.97 Å². The second-order valence-electron chi connectivity index (χ2n) is 3.16. The minimum Gasteiger partial charge on any atom is -0.406 e. The number of aromatic amines is 2. The van der Waals surface area contributed by atoms with Gasteiger partial charge in [0.05, 0.1) is 11.0 Å². The number of fused-ring (bicyclic) bond motifs is 1. The highest BCUT2D eigenvalue weighted by molar-refractivity contribution is 5.75.